The topological polar surface area (TPSA) is 30.0 Å². The molecule has 23 heavy (non-hydrogen) atoms. The number of hydrogen-bond donors (Lipinski definition) is 0. The van der Waals surface area contributed by atoms with Gasteiger partial charge in [0.15, 0.2) is 5.78 Å². The Labute approximate surface area is 136 Å². The molecule has 2 aromatic carbocycles. The standard InChI is InChI=1S/C21H19NO/c1-16-10-12-18(13-11-16)19(17-7-3-2-4-8-17)15-21(23)20-9-5-6-14-22-20/h2-14,19H,15H2,1H3. The fourth-order valence-electron chi connectivity index (χ4n) is 2.73. The second-order valence-electron chi connectivity index (χ2n) is 5.72. The summed E-state index contributed by atoms with van der Waals surface area (Å²) in [6.07, 6.45) is 2.08. The molecule has 0 radical (unpaired) electrons. The first-order chi connectivity index (χ1) is 11.2. The Balaban J connectivity index is 1.93. The minimum atomic E-state index is 0.0475. The van der Waals surface area contributed by atoms with Gasteiger partial charge in [-0.1, -0.05) is 66.2 Å². The second-order valence-corrected chi connectivity index (χ2v) is 5.72. The van der Waals surface area contributed by atoms with Crippen LogP contribution in [0.25, 0.3) is 0 Å². The first kappa shape index (κ1) is 15.2. The Hall–Kier alpha value is -2.74. The Bertz CT molecular complexity index is 764. The van der Waals surface area contributed by atoms with Gasteiger partial charge in [0.1, 0.15) is 5.69 Å². The van der Waals surface area contributed by atoms with Gasteiger partial charge in [-0.2, -0.15) is 0 Å². The van der Waals surface area contributed by atoms with Crippen LogP contribution in [0.3, 0.4) is 0 Å². The van der Waals surface area contributed by atoms with Crippen molar-refractivity contribution in [2.75, 3.05) is 0 Å². The summed E-state index contributed by atoms with van der Waals surface area (Å²) in [5, 5.41) is 0. The number of rotatable bonds is 5. The van der Waals surface area contributed by atoms with Gasteiger partial charge in [0.2, 0.25) is 0 Å². The molecule has 0 bridgehead atoms. The molecule has 0 aliphatic rings. The lowest BCUT2D eigenvalue weighted by atomic mass is 9.86. The van der Waals surface area contributed by atoms with E-state index in [-0.39, 0.29) is 11.7 Å². The fourth-order valence-corrected chi connectivity index (χ4v) is 2.73. The van der Waals surface area contributed by atoms with Crippen molar-refractivity contribution in [1.82, 2.24) is 4.98 Å². The maximum absolute atomic E-state index is 12.6. The molecule has 2 heteroatoms. The van der Waals surface area contributed by atoms with Crippen molar-refractivity contribution >= 4 is 5.78 Å². The van der Waals surface area contributed by atoms with Crippen LogP contribution in [0.15, 0.2) is 79.0 Å². The second kappa shape index (κ2) is 7.01. The number of nitrogens with zero attached hydrogens (tertiary/aromatic N) is 1. The van der Waals surface area contributed by atoms with Gasteiger partial charge in [0, 0.05) is 18.5 Å². The Morgan fingerprint density at radius 3 is 2.17 bits per heavy atom. The molecule has 0 saturated heterocycles. The van der Waals surface area contributed by atoms with E-state index in [9.17, 15) is 4.79 Å². The van der Waals surface area contributed by atoms with Crippen LogP contribution in [-0.4, -0.2) is 10.8 Å². The van der Waals surface area contributed by atoms with E-state index in [1.165, 1.54) is 5.56 Å². The van der Waals surface area contributed by atoms with Gasteiger partial charge in [0.05, 0.1) is 0 Å². The summed E-state index contributed by atoms with van der Waals surface area (Å²) in [6, 6.07) is 24.0. The molecule has 0 N–H and O–H groups in total. The number of Topliss-reactive ketones (excluding diaryl/α,β-unsaturated/α-hetero) is 1. The van der Waals surface area contributed by atoms with E-state index in [0.717, 1.165) is 11.1 Å². The van der Waals surface area contributed by atoms with Gasteiger partial charge in [-0.15, -0.1) is 0 Å². The molecule has 1 heterocycles. The maximum Gasteiger partial charge on any atom is 0.182 e. The highest BCUT2D eigenvalue weighted by Gasteiger charge is 2.19. The lowest BCUT2D eigenvalue weighted by molar-refractivity contribution is 0.0973. The van der Waals surface area contributed by atoms with Crippen molar-refractivity contribution in [1.29, 1.82) is 0 Å². The molecular formula is C21H19NO. The number of aryl methyl sites for hydroxylation is 1. The van der Waals surface area contributed by atoms with E-state index in [4.69, 9.17) is 0 Å². The highest BCUT2D eigenvalue weighted by Crippen LogP contribution is 2.29. The number of hydrogen-bond acceptors (Lipinski definition) is 2. The summed E-state index contributed by atoms with van der Waals surface area (Å²) in [6.45, 7) is 2.07. The Kier molecular flexibility index (Phi) is 4.62. The number of carbonyl (C=O) groups is 1. The smallest absolute Gasteiger partial charge is 0.182 e. The predicted molar refractivity (Wildman–Crippen MR) is 92.6 cm³/mol. The molecule has 0 spiro atoms. The molecule has 3 aromatic rings. The number of benzene rings is 2. The van der Waals surface area contributed by atoms with Crippen molar-refractivity contribution in [2.24, 2.45) is 0 Å². The Morgan fingerprint density at radius 2 is 1.52 bits per heavy atom. The van der Waals surface area contributed by atoms with Crippen molar-refractivity contribution in [3.63, 3.8) is 0 Å². The molecule has 2 nitrogen and oxygen atoms in total. The van der Waals surface area contributed by atoms with Gasteiger partial charge in [-0.25, -0.2) is 0 Å². The van der Waals surface area contributed by atoms with Gasteiger partial charge in [-0.05, 0) is 30.2 Å². The summed E-state index contributed by atoms with van der Waals surface area (Å²) in [7, 11) is 0. The normalized spacial score (nSPS) is 11.9. The molecule has 1 atom stereocenters. The molecule has 1 unspecified atom stereocenters. The molecule has 3 rings (SSSR count). The predicted octanol–water partition coefficient (Wildman–Crippen LogP) is 4.79. The van der Waals surface area contributed by atoms with E-state index < -0.39 is 0 Å². The summed E-state index contributed by atoms with van der Waals surface area (Å²) in [5.41, 5.74) is 4.06. The van der Waals surface area contributed by atoms with Gasteiger partial charge >= 0.3 is 0 Å². The van der Waals surface area contributed by atoms with Crippen molar-refractivity contribution < 1.29 is 4.79 Å². The molecule has 0 amide bonds. The lowest BCUT2D eigenvalue weighted by Gasteiger charge is -2.17. The monoisotopic (exact) mass is 301 g/mol. The van der Waals surface area contributed by atoms with E-state index in [0.29, 0.717) is 12.1 Å². The third kappa shape index (κ3) is 3.72. The van der Waals surface area contributed by atoms with Gasteiger partial charge < -0.3 is 0 Å². The minimum absolute atomic E-state index is 0.0475. The first-order valence-corrected chi connectivity index (χ1v) is 7.80. The number of aromatic nitrogens is 1. The number of pyridine rings is 1. The lowest BCUT2D eigenvalue weighted by Crippen LogP contribution is -2.10. The van der Waals surface area contributed by atoms with E-state index in [1.54, 1.807) is 12.3 Å². The molecule has 0 fully saturated rings. The van der Waals surface area contributed by atoms with Crippen LogP contribution in [0.4, 0.5) is 0 Å². The SMILES string of the molecule is Cc1ccc(C(CC(=O)c2ccccn2)c2ccccc2)cc1. The summed E-state index contributed by atoms with van der Waals surface area (Å²) in [5.74, 6) is 0.117. The quantitative estimate of drug-likeness (QED) is 0.634. The van der Waals surface area contributed by atoms with Crippen LogP contribution in [0, 0.1) is 6.92 Å². The summed E-state index contributed by atoms with van der Waals surface area (Å²) in [4.78, 5) is 16.8. The number of ketones is 1. The van der Waals surface area contributed by atoms with E-state index in [1.807, 2.05) is 30.3 Å². The van der Waals surface area contributed by atoms with Crippen molar-refractivity contribution in [3.8, 4) is 0 Å². The summed E-state index contributed by atoms with van der Waals surface area (Å²) < 4.78 is 0. The van der Waals surface area contributed by atoms with Crippen LogP contribution in [-0.2, 0) is 0 Å². The maximum atomic E-state index is 12.6. The highest BCUT2D eigenvalue weighted by atomic mass is 16.1. The molecule has 1 aromatic heterocycles. The van der Waals surface area contributed by atoms with Crippen molar-refractivity contribution in [2.45, 2.75) is 19.3 Å². The van der Waals surface area contributed by atoms with Crippen LogP contribution < -0.4 is 0 Å². The third-order valence-electron chi connectivity index (χ3n) is 4.02. The van der Waals surface area contributed by atoms with Crippen LogP contribution in [0.1, 0.15) is 39.5 Å². The van der Waals surface area contributed by atoms with Crippen LogP contribution >= 0.6 is 0 Å². The molecule has 0 saturated carbocycles. The fraction of sp³-hybridized carbons (Fsp3) is 0.143. The number of carbonyl (C=O) groups excluding carboxylic acids is 1. The average molecular weight is 301 g/mol. The van der Waals surface area contributed by atoms with Crippen molar-refractivity contribution in [3.05, 3.63) is 101 Å². The highest BCUT2D eigenvalue weighted by molar-refractivity contribution is 5.95. The van der Waals surface area contributed by atoms with Gasteiger partial charge in [-0.3, -0.25) is 9.78 Å². The van der Waals surface area contributed by atoms with Gasteiger partial charge in [0.25, 0.3) is 0 Å². The minimum Gasteiger partial charge on any atom is -0.292 e. The molecular weight excluding hydrogens is 282 g/mol. The average Bonchev–Trinajstić information content (AvgIpc) is 2.62. The first-order valence-electron chi connectivity index (χ1n) is 7.80. The zero-order valence-electron chi connectivity index (χ0n) is 13.1. The molecule has 0 aliphatic carbocycles. The largest absolute Gasteiger partial charge is 0.292 e. The van der Waals surface area contributed by atoms with Crippen LogP contribution in [0.5, 0.6) is 0 Å². The zero-order valence-corrected chi connectivity index (χ0v) is 13.1. The summed E-state index contributed by atoms with van der Waals surface area (Å²) >= 11 is 0. The van der Waals surface area contributed by atoms with Crippen LogP contribution in [0.2, 0.25) is 0 Å². The van der Waals surface area contributed by atoms with E-state index >= 15 is 0 Å². The Morgan fingerprint density at radius 1 is 0.870 bits per heavy atom. The van der Waals surface area contributed by atoms with E-state index in [2.05, 4.69) is 48.3 Å². The zero-order chi connectivity index (χ0) is 16.1. The molecule has 0 aliphatic heterocycles. The third-order valence-corrected chi connectivity index (χ3v) is 4.02. The molecule has 114 valence electrons.